The van der Waals surface area contributed by atoms with Crippen molar-refractivity contribution >= 4 is 23.2 Å². The molecule has 1 aromatic carbocycles. The maximum absolute atomic E-state index is 12.2. The van der Waals surface area contributed by atoms with E-state index in [4.69, 9.17) is 11.6 Å². The summed E-state index contributed by atoms with van der Waals surface area (Å²) >= 11 is 5.74. The Hall–Kier alpha value is -2.74. The molecular formula is C18H19ClN4O4. The van der Waals surface area contributed by atoms with Gasteiger partial charge in [-0.15, -0.1) is 0 Å². The number of amides is 1. The molecule has 0 radical (unpaired) electrons. The van der Waals surface area contributed by atoms with E-state index in [-0.39, 0.29) is 34.9 Å². The Balaban J connectivity index is 1.59. The van der Waals surface area contributed by atoms with Gasteiger partial charge in [0.15, 0.2) is 0 Å². The zero-order chi connectivity index (χ0) is 19.4. The molecule has 0 spiro atoms. The zero-order valence-corrected chi connectivity index (χ0v) is 15.3. The van der Waals surface area contributed by atoms with Gasteiger partial charge in [0.2, 0.25) is 0 Å². The van der Waals surface area contributed by atoms with Crippen LogP contribution in [0.4, 0.5) is 5.69 Å². The van der Waals surface area contributed by atoms with Gasteiger partial charge in [-0.05, 0) is 25.0 Å². The molecule has 1 aliphatic carbocycles. The minimum absolute atomic E-state index is 0.0310. The molecule has 27 heavy (non-hydrogen) atoms. The lowest BCUT2D eigenvalue weighted by Crippen LogP contribution is -2.31. The summed E-state index contributed by atoms with van der Waals surface area (Å²) in [7, 11) is 0. The third-order valence-corrected chi connectivity index (χ3v) is 5.04. The summed E-state index contributed by atoms with van der Waals surface area (Å²) in [6.45, 7) is 0.456. The van der Waals surface area contributed by atoms with E-state index in [2.05, 4.69) is 10.3 Å². The van der Waals surface area contributed by atoms with E-state index < -0.39 is 10.8 Å². The summed E-state index contributed by atoms with van der Waals surface area (Å²) in [4.78, 5) is 39.0. The van der Waals surface area contributed by atoms with Crippen LogP contribution in [-0.4, -0.2) is 26.9 Å². The Morgan fingerprint density at radius 2 is 2.07 bits per heavy atom. The van der Waals surface area contributed by atoms with Gasteiger partial charge in [-0.3, -0.25) is 24.3 Å². The van der Waals surface area contributed by atoms with Crippen molar-refractivity contribution in [2.24, 2.45) is 0 Å². The third kappa shape index (κ3) is 4.51. The van der Waals surface area contributed by atoms with Crippen molar-refractivity contribution in [3.63, 3.8) is 0 Å². The Bertz CT molecular complexity index is 922. The first-order valence-electron chi connectivity index (χ1n) is 8.74. The molecule has 1 heterocycles. The SMILES string of the molecule is O=C(NCCn1cnc(C2CCCC2)cc1=O)c1ccc(Cl)c([N+](=O)[O-])c1. The van der Waals surface area contributed by atoms with Crippen LogP contribution in [-0.2, 0) is 6.54 Å². The normalized spacial score (nSPS) is 14.3. The van der Waals surface area contributed by atoms with Gasteiger partial charge in [0.05, 0.1) is 16.9 Å². The first kappa shape index (κ1) is 19.0. The Labute approximate surface area is 160 Å². The Morgan fingerprint density at radius 3 is 2.74 bits per heavy atom. The molecule has 1 amide bonds. The fourth-order valence-electron chi connectivity index (χ4n) is 3.24. The summed E-state index contributed by atoms with van der Waals surface area (Å²) in [6.07, 6.45) is 5.99. The third-order valence-electron chi connectivity index (χ3n) is 4.72. The molecule has 1 fully saturated rings. The second-order valence-corrected chi connectivity index (χ2v) is 6.91. The number of nitro benzene ring substituents is 1. The summed E-state index contributed by atoms with van der Waals surface area (Å²) in [5.74, 6) is -0.105. The molecule has 1 N–H and O–H groups in total. The fraction of sp³-hybridized carbons (Fsp3) is 0.389. The number of aromatic nitrogens is 2. The maximum Gasteiger partial charge on any atom is 0.288 e. The Kier molecular flexibility index (Phi) is 5.85. The average molecular weight is 391 g/mol. The number of rotatable bonds is 6. The van der Waals surface area contributed by atoms with Gasteiger partial charge in [0.25, 0.3) is 17.2 Å². The Morgan fingerprint density at radius 1 is 1.33 bits per heavy atom. The maximum atomic E-state index is 12.2. The number of nitro groups is 1. The van der Waals surface area contributed by atoms with Gasteiger partial charge in [-0.2, -0.15) is 0 Å². The molecule has 2 aromatic rings. The van der Waals surface area contributed by atoms with Crippen LogP contribution in [0.5, 0.6) is 0 Å². The highest BCUT2D eigenvalue weighted by Crippen LogP contribution is 2.32. The van der Waals surface area contributed by atoms with Crippen LogP contribution in [0.25, 0.3) is 0 Å². The molecule has 0 saturated heterocycles. The molecule has 8 nitrogen and oxygen atoms in total. The molecular weight excluding hydrogens is 372 g/mol. The van der Waals surface area contributed by atoms with Gasteiger partial charge >= 0.3 is 0 Å². The minimum Gasteiger partial charge on any atom is -0.350 e. The van der Waals surface area contributed by atoms with Crippen molar-refractivity contribution in [1.82, 2.24) is 14.9 Å². The molecule has 3 rings (SSSR count). The lowest BCUT2D eigenvalue weighted by Gasteiger charge is -2.11. The number of halogens is 1. The molecule has 0 atom stereocenters. The van der Waals surface area contributed by atoms with E-state index >= 15 is 0 Å². The van der Waals surface area contributed by atoms with E-state index in [0.717, 1.165) is 24.6 Å². The number of carbonyl (C=O) groups is 1. The van der Waals surface area contributed by atoms with Crippen LogP contribution >= 0.6 is 11.6 Å². The van der Waals surface area contributed by atoms with Crippen LogP contribution in [0.15, 0.2) is 35.4 Å². The van der Waals surface area contributed by atoms with Gasteiger partial charge in [0.1, 0.15) is 5.02 Å². The van der Waals surface area contributed by atoms with Crippen molar-refractivity contribution in [2.45, 2.75) is 38.1 Å². The largest absolute Gasteiger partial charge is 0.350 e. The molecule has 1 saturated carbocycles. The highest BCUT2D eigenvalue weighted by molar-refractivity contribution is 6.32. The van der Waals surface area contributed by atoms with Crippen molar-refractivity contribution in [2.75, 3.05) is 6.54 Å². The predicted octanol–water partition coefficient (Wildman–Crippen LogP) is 2.89. The highest BCUT2D eigenvalue weighted by Gasteiger charge is 2.19. The lowest BCUT2D eigenvalue weighted by molar-refractivity contribution is -0.384. The zero-order valence-electron chi connectivity index (χ0n) is 14.6. The van der Waals surface area contributed by atoms with E-state index in [1.54, 1.807) is 6.07 Å². The van der Waals surface area contributed by atoms with Crippen LogP contribution in [0.3, 0.4) is 0 Å². The molecule has 0 bridgehead atoms. The highest BCUT2D eigenvalue weighted by atomic mass is 35.5. The van der Waals surface area contributed by atoms with Gasteiger partial charge in [-0.25, -0.2) is 4.98 Å². The summed E-state index contributed by atoms with van der Waals surface area (Å²) in [5, 5.41) is 13.5. The number of hydrogen-bond acceptors (Lipinski definition) is 5. The van der Waals surface area contributed by atoms with Gasteiger partial charge < -0.3 is 5.32 Å². The van der Waals surface area contributed by atoms with Crippen molar-refractivity contribution in [3.8, 4) is 0 Å². The van der Waals surface area contributed by atoms with Crippen LogP contribution in [0, 0.1) is 10.1 Å². The minimum atomic E-state index is -0.643. The fourth-order valence-corrected chi connectivity index (χ4v) is 3.43. The smallest absolute Gasteiger partial charge is 0.288 e. The van der Waals surface area contributed by atoms with E-state index in [0.29, 0.717) is 5.92 Å². The van der Waals surface area contributed by atoms with Crippen molar-refractivity contribution in [3.05, 3.63) is 67.3 Å². The van der Waals surface area contributed by atoms with Crippen LogP contribution in [0.2, 0.25) is 5.02 Å². The van der Waals surface area contributed by atoms with E-state index in [9.17, 15) is 19.7 Å². The number of nitrogens with zero attached hydrogens (tertiary/aromatic N) is 3. The molecule has 142 valence electrons. The predicted molar refractivity (Wildman–Crippen MR) is 100 cm³/mol. The summed E-state index contributed by atoms with van der Waals surface area (Å²) in [6, 6.07) is 5.42. The topological polar surface area (TPSA) is 107 Å². The van der Waals surface area contributed by atoms with E-state index in [1.807, 2.05) is 0 Å². The molecule has 1 aromatic heterocycles. The summed E-state index contributed by atoms with van der Waals surface area (Å²) in [5.41, 5.74) is 0.495. The standard InChI is InChI=1S/C18H19ClN4O4/c19-14-6-5-13(9-16(14)23(26)27)18(25)20-7-8-22-11-21-15(10-17(22)24)12-3-1-2-4-12/h5-6,9-12H,1-4,7-8H2,(H,20,25). The van der Waals surface area contributed by atoms with Crippen molar-refractivity contribution < 1.29 is 9.72 Å². The number of benzene rings is 1. The monoisotopic (exact) mass is 390 g/mol. The van der Waals surface area contributed by atoms with E-state index in [1.165, 1.54) is 35.9 Å². The molecule has 0 unspecified atom stereocenters. The first-order chi connectivity index (χ1) is 13.0. The molecule has 9 heteroatoms. The molecule has 0 aliphatic heterocycles. The average Bonchev–Trinajstić information content (AvgIpc) is 3.17. The van der Waals surface area contributed by atoms with Crippen LogP contribution < -0.4 is 10.9 Å². The van der Waals surface area contributed by atoms with Crippen molar-refractivity contribution in [1.29, 1.82) is 0 Å². The lowest BCUT2D eigenvalue weighted by atomic mass is 10.0. The number of carbonyl (C=O) groups excluding carboxylic acids is 1. The number of hydrogen-bond donors (Lipinski definition) is 1. The number of nitrogens with one attached hydrogen (secondary N) is 1. The van der Waals surface area contributed by atoms with Gasteiger partial charge in [-0.1, -0.05) is 24.4 Å². The first-order valence-corrected chi connectivity index (χ1v) is 9.12. The van der Waals surface area contributed by atoms with Crippen LogP contribution in [0.1, 0.15) is 47.7 Å². The second-order valence-electron chi connectivity index (χ2n) is 6.51. The van der Waals surface area contributed by atoms with Gasteiger partial charge in [0, 0.05) is 36.7 Å². The summed E-state index contributed by atoms with van der Waals surface area (Å²) < 4.78 is 1.43. The second kappa shape index (κ2) is 8.30. The molecule has 1 aliphatic rings. The quantitative estimate of drug-likeness (QED) is 0.602.